The summed E-state index contributed by atoms with van der Waals surface area (Å²) in [6.07, 6.45) is -0.563. The van der Waals surface area contributed by atoms with Gasteiger partial charge in [-0.3, -0.25) is 0 Å². The third-order valence-electron chi connectivity index (χ3n) is 1.73. The number of rotatable bonds is 6. The average Bonchev–Trinajstić information content (AvgIpc) is 2.57. The molecule has 7 heteroatoms. The summed E-state index contributed by atoms with van der Waals surface area (Å²) in [6, 6.07) is 0. The number of carboxylic acid groups (broad SMARTS) is 1. The van der Waals surface area contributed by atoms with Crippen molar-refractivity contribution in [2.45, 2.75) is 17.4 Å². The van der Waals surface area contributed by atoms with E-state index >= 15 is 0 Å². The van der Waals surface area contributed by atoms with E-state index in [2.05, 4.69) is 4.98 Å². The van der Waals surface area contributed by atoms with Crippen LogP contribution in [0.25, 0.3) is 0 Å². The van der Waals surface area contributed by atoms with Crippen molar-refractivity contribution in [3.05, 3.63) is 10.6 Å². The van der Waals surface area contributed by atoms with Gasteiger partial charge in [-0.15, -0.1) is 11.3 Å². The Bertz CT molecular complexity index is 366. The van der Waals surface area contributed by atoms with Gasteiger partial charge in [0.2, 0.25) is 0 Å². The number of thioether (sulfide) groups is 1. The molecule has 90 valence electrons. The number of aliphatic hydroxyl groups excluding tert-OH is 1. The number of carbonyl (C=O) groups is 1. The van der Waals surface area contributed by atoms with E-state index in [1.165, 1.54) is 18.9 Å². The fraction of sp³-hybridized carbons (Fsp3) is 0.556. The lowest BCUT2D eigenvalue weighted by atomic mass is 10.4. The van der Waals surface area contributed by atoms with Gasteiger partial charge in [-0.1, -0.05) is 11.8 Å². The second-order valence-electron chi connectivity index (χ2n) is 3.12. The van der Waals surface area contributed by atoms with Crippen LogP contribution in [0.1, 0.15) is 15.4 Å². The zero-order chi connectivity index (χ0) is 12.1. The second-order valence-corrected chi connectivity index (χ2v) is 5.39. The van der Waals surface area contributed by atoms with E-state index in [1.54, 1.807) is 6.92 Å². The maximum Gasteiger partial charge on any atom is 0.347 e. The Morgan fingerprint density at radius 2 is 2.38 bits per heavy atom. The smallest absolute Gasteiger partial charge is 0.347 e. The van der Waals surface area contributed by atoms with Crippen LogP contribution in [0.15, 0.2) is 4.34 Å². The number of aryl methyl sites for hydroxylation is 1. The molecular weight excluding hydrogens is 250 g/mol. The van der Waals surface area contributed by atoms with E-state index in [0.717, 1.165) is 11.3 Å². The zero-order valence-corrected chi connectivity index (χ0v) is 10.6. The Balaban J connectivity index is 2.55. The van der Waals surface area contributed by atoms with Crippen molar-refractivity contribution in [2.24, 2.45) is 0 Å². The van der Waals surface area contributed by atoms with E-state index in [0.29, 0.717) is 15.8 Å². The zero-order valence-electron chi connectivity index (χ0n) is 8.97. The van der Waals surface area contributed by atoms with E-state index in [1.807, 2.05) is 0 Å². The van der Waals surface area contributed by atoms with Crippen LogP contribution < -0.4 is 0 Å². The molecule has 1 rings (SSSR count). The first-order valence-electron chi connectivity index (χ1n) is 4.55. The van der Waals surface area contributed by atoms with Crippen molar-refractivity contribution < 1.29 is 19.7 Å². The molecule has 0 aliphatic heterocycles. The van der Waals surface area contributed by atoms with Crippen molar-refractivity contribution in [3.8, 4) is 0 Å². The molecule has 0 aliphatic carbocycles. The Hall–Kier alpha value is -0.630. The monoisotopic (exact) mass is 263 g/mol. The van der Waals surface area contributed by atoms with Gasteiger partial charge in [0.15, 0.2) is 4.34 Å². The Labute approximate surface area is 101 Å². The molecule has 0 bridgehead atoms. The number of aromatic carboxylic acids is 1. The summed E-state index contributed by atoms with van der Waals surface area (Å²) < 4.78 is 5.44. The highest BCUT2D eigenvalue weighted by atomic mass is 32.2. The summed E-state index contributed by atoms with van der Waals surface area (Å²) in [5, 5.41) is 18.2. The molecule has 1 unspecified atom stereocenters. The molecule has 1 aromatic rings. The minimum atomic E-state index is -0.959. The van der Waals surface area contributed by atoms with Crippen LogP contribution in [-0.2, 0) is 4.74 Å². The fourth-order valence-electron chi connectivity index (χ4n) is 1.04. The molecule has 1 aromatic heterocycles. The van der Waals surface area contributed by atoms with E-state index in [9.17, 15) is 9.90 Å². The number of aliphatic hydroxyl groups is 1. The van der Waals surface area contributed by atoms with Crippen LogP contribution >= 0.6 is 23.1 Å². The quantitative estimate of drug-likeness (QED) is 0.752. The molecule has 1 heterocycles. The maximum absolute atomic E-state index is 10.8. The van der Waals surface area contributed by atoms with E-state index < -0.39 is 12.1 Å². The van der Waals surface area contributed by atoms with E-state index in [-0.39, 0.29) is 11.5 Å². The number of carboxylic acids is 1. The number of nitrogens with zero attached hydrogens (tertiary/aromatic N) is 1. The van der Waals surface area contributed by atoms with Crippen molar-refractivity contribution in [3.63, 3.8) is 0 Å². The van der Waals surface area contributed by atoms with Crippen molar-refractivity contribution in [1.29, 1.82) is 0 Å². The summed E-state index contributed by atoms with van der Waals surface area (Å²) >= 11 is 2.46. The lowest BCUT2D eigenvalue weighted by Gasteiger charge is -2.06. The number of ether oxygens (including phenoxy) is 1. The molecular formula is C9H13NO4S2. The Kier molecular flexibility index (Phi) is 5.20. The maximum atomic E-state index is 10.8. The molecule has 0 spiro atoms. The normalized spacial score (nSPS) is 12.7. The summed E-state index contributed by atoms with van der Waals surface area (Å²) in [4.78, 5) is 15.1. The van der Waals surface area contributed by atoms with Gasteiger partial charge >= 0.3 is 5.97 Å². The Morgan fingerprint density at radius 1 is 1.69 bits per heavy atom. The minimum absolute atomic E-state index is 0.253. The van der Waals surface area contributed by atoms with E-state index in [4.69, 9.17) is 9.84 Å². The molecule has 0 fully saturated rings. The molecule has 0 amide bonds. The third-order valence-corrected chi connectivity index (χ3v) is 4.16. The minimum Gasteiger partial charge on any atom is -0.477 e. The standard InChI is InChI=1S/C9H13NO4S2/c1-5-7(8(12)13)16-9(10-5)15-4-6(11)3-14-2/h6,11H,3-4H2,1-2H3,(H,12,13). The van der Waals surface area contributed by atoms with Gasteiger partial charge < -0.3 is 14.9 Å². The summed E-state index contributed by atoms with van der Waals surface area (Å²) in [7, 11) is 1.52. The van der Waals surface area contributed by atoms with Crippen LogP contribution in [-0.4, -0.2) is 46.7 Å². The molecule has 5 nitrogen and oxygen atoms in total. The van der Waals surface area contributed by atoms with Gasteiger partial charge in [0.25, 0.3) is 0 Å². The van der Waals surface area contributed by atoms with Crippen LogP contribution in [0, 0.1) is 6.92 Å². The van der Waals surface area contributed by atoms with Crippen molar-refractivity contribution in [2.75, 3.05) is 19.5 Å². The summed E-state index contributed by atoms with van der Waals surface area (Å²) in [5.41, 5.74) is 0.515. The number of thiazole rings is 1. The van der Waals surface area contributed by atoms with Gasteiger partial charge in [0.05, 0.1) is 18.4 Å². The number of hydrogen-bond acceptors (Lipinski definition) is 6. The molecule has 1 atom stereocenters. The first kappa shape index (κ1) is 13.4. The molecule has 0 saturated carbocycles. The van der Waals surface area contributed by atoms with Crippen LogP contribution in [0.2, 0.25) is 0 Å². The first-order chi connectivity index (χ1) is 7.54. The first-order valence-corrected chi connectivity index (χ1v) is 6.35. The van der Waals surface area contributed by atoms with Crippen LogP contribution in [0.4, 0.5) is 0 Å². The number of hydrogen-bond donors (Lipinski definition) is 2. The molecule has 16 heavy (non-hydrogen) atoms. The highest BCUT2D eigenvalue weighted by Gasteiger charge is 2.15. The van der Waals surface area contributed by atoms with Gasteiger partial charge in [0, 0.05) is 12.9 Å². The number of methoxy groups -OCH3 is 1. The second kappa shape index (κ2) is 6.19. The van der Waals surface area contributed by atoms with Crippen LogP contribution in [0.3, 0.4) is 0 Å². The molecule has 0 radical (unpaired) electrons. The van der Waals surface area contributed by atoms with Crippen molar-refractivity contribution >= 4 is 29.1 Å². The molecule has 0 saturated heterocycles. The van der Waals surface area contributed by atoms with Crippen LogP contribution in [0.5, 0.6) is 0 Å². The Morgan fingerprint density at radius 3 is 2.88 bits per heavy atom. The average molecular weight is 263 g/mol. The molecule has 2 N–H and O–H groups in total. The predicted molar refractivity (Wildman–Crippen MR) is 62.4 cm³/mol. The van der Waals surface area contributed by atoms with Crippen molar-refractivity contribution in [1.82, 2.24) is 4.98 Å². The SMILES string of the molecule is COCC(O)CSc1nc(C)c(C(=O)O)s1. The summed E-state index contributed by atoms with van der Waals surface area (Å²) in [5.74, 6) is -0.515. The lowest BCUT2D eigenvalue weighted by Crippen LogP contribution is -2.16. The molecule has 0 aromatic carbocycles. The lowest BCUT2D eigenvalue weighted by molar-refractivity contribution is 0.0701. The molecule has 0 aliphatic rings. The van der Waals surface area contributed by atoms with Gasteiger partial charge in [0.1, 0.15) is 4.88 Å². The largest absolute Gasteiger partial charge is 0.477 e. The van der Waals surface area contributed by atoms with Gasteiger partial charge in [-0.2, -0.15) is 0 Å². The fourth-order valence-corrected chi connectivity index (χ4v) is 3.00. The van der Waals surface area contributed by atoms with Gasteiger partial charge in [-0.05, 0) is 6.92 Å². The highest BCUT2D eigenvalue weighted by molar-refractivity contribution is 8.01. The predicted octanol–water partition coefficient (Wildman–Crippen LogP) is 1.25. The topological polar surface area (TPSA) is 79.7 Å². The third kappa shape index (κ3) is 3.75. The number of aromatic nitrogens is 1. The highest BCUT2D eigenvalue weighted by Crippen LogP contribution is 2.27. The van der Waals surface area contributed by atoms with Gasteiger partial charge in [-0.25, -0.2) is 9.78 Å². The summed E-state index contributed by atoms with van der Waals surface area (Å²) in [6.45, 7) is 1.93.